The molecule has 0 aliphatic rings. The minimum atomic E-state index is -1.04. The van der Waals surface area contributed by atoms with Crippen LogP contribution in [0.2, 0.25) is 0 Å². The average Bonchev–Trinajstić information content (AvgIpc) is 2.29. The Morgan fingerprint density at radius 2 is 2.11 bits per heavy atom. The molecule has 19 heavy (non-hydrogen) atoms. The van der Waals surface area contributed by atoms with Crippen LogP contribution in [-0.2, 0) is 4.79 Å². The lowest BCUT2D eigenvalue weighted by Crippen LogP contribution is -2.28. The van der Waals surface area contributed by atoms with Gasteiger partial charge in [-0.25, -0.2) is 4.79 Å². The van der Waals surface area contributed by atoms with E-state index in [2.05, 4.69) is 0 Å². The molecule has 1 aromatic rings. The summed E-state index contributed by atoms with van der Waals surface area (Å²) in [7, 11) is 0. The van der Waals surface area contributed by atoms with Crippen molar-refractivity contribution >= 4 is 11.7 Å². The fourth-order valence-electron chi connectivity index (χ4n) is 1.66. The fraction of sp³-hybridized carbons (Fsp3) is 0.462. The smallest absolute Gasteiger partial charge is 0.344 e. The van der Waals surface area contributed by atoms with E-state index in [0.717, 1.165) is 0 Å². The number of benzene rings is 1. The molecule has 0 fully saturated rings. The third kappa shape index (κ3) is 4.24. The van der Waals surface area contributed by atoms with Crippen molar-refractivity contribution in [2.24, 2.45) is 5.92 Å². The Hall–Kier alpha value is -2.11. The number of nitro groups is 1. The number of nitrogens with zero attached hydrogens (tertiary/aromatic N) is 1. The second kappa shape index (κ2) is 6.17. The molecule has 1 aromatic carbocycles. The number of aryl methyl sites for hydroxylation is 1. The highest BCUT2D eigenvalue weighted by Crippen LogP contribution is 2.25. The topological polar surface area (TPSA) is 89.7 Å². The molecule has 6 heteroatoms. The zero-order chi connectivity index (χ0) is 14.6. The lowest BCUT2D eigenvalue weighted by atomic mass is 10.1. The fourth-order valence-corrected chi connectivity index (χ4v) is 1.66. The summed E-state index contributed by atoms with van der Waals surface area (Å²) in [6.07, 6.45) is -0.564. The molecule has 6 nitrogen and oxygen atoms in total. The quantitative estimate of drug-likeness (QED) is 0.632. The number of non-ortho nitro benzene ring substituents is 1. The van der Waals surface area contributed by atoms with E-state index in [1.807, 2.05) is 13.8 Å². The normalized spacial score (nSPS) is 12.2. The first-order valence-electron chi connectivity index (χ1n) is 5.95. The maximum absolute atomic E-state index is 11.1. The minimum Gasteiger partial charge on any atom is -0.479 e. The number of ether oxygens (including phenoxy) is 1. The molecular weight excluding hydrogens is 250 g/mol. The van der Waals surface area contributed by atoms with Crippen LogP contribution in [0, 0.1) is 23.0 Å². The van der Waals surface area contributed by atoms with E-state index in [0.29, 0.717) is 17.7 Å². The number of carboxylic acid groups (broad SMARTS) is 1. The van der Waals surface area contributed by atoms with Crippen molar-refractivity contribution in [3.05, 3.63) is 33.9 Å². The number of aliphatic carboxylic acids is 1. The number of hydrogen-bond donors (Lipinski definition) is 1. The zero-order valence-corrected chi connectivity index (χ0v) is 11.1. The molecule has 0 aliphatic carbocycles. The molecule has 0 saturated carbocycles. The summed E-state index contributed by atoms with van der Waals surface area (Å²) in [4.78, 5) is 21.2. The molecule has 0 amide bonds. The van der Waals surface area contributed by atoms with E-state index in [-0.39, 0.29) is 11.6 Å². The van der Waals surface area contributed by atoms with E-state index < -0.39 is 17.0 Å². The van der Waals surface area contributed by atoms with E-state index in [1.54, 1.807) is 6.92 Å². The van der Waals surface area contributed by atoms with E-state index in [4.69, 9.17) is 9.84 Å². The van der Waals surface area contributed by atoms with E-state index >= 15 is 0 Å². The predicted molar refractivity (Wildman–Crippen MR) is 69.3 cm³/mol. The first-order valence-corrected chi connectivity index (χ1v) is 5.95. The molecule has 1 atom stereocenters. The number of rotatable bonds is 6. The van der Waals surface area contributed by atoms with Gasteiger partial charge in [0.05, 0.1) is 4.92 Å². The van der Waals surface area contributed by atoms with Gasteiger partial charge in [0, 0.05) is 12.1 Å². The average molecular weight is 267 g/mol. The van der Waals surface area contributed by atoms with Crippen LogP contribution in [-0.4, -0.2) is 22.1 Å². The van der Waals surface area contributed by atoms with Gasteiger partial charge < -0.3 is 9.84 Å². The maximum atomic E-state index is 11.1. The SMILES string of the molecule is Cc1cc([N+](=O)[O-])ccc1O[C@H](CC(C)C)C(=O)O. The second-order valence-corrected chi connectivity index (χ2v) is 4.78. The predicted octanol–water partition coefficient (Wildman–Crippen LogP) is 2.78. The van der Waals surface area contributed by atoms with Gasteiger partial charge in [0.2, 0.25) is 0 Å². The zero-order valence-electron chi connectivity index (χ0n) is 11.1. The van der Waals surface area contributed by atoms with Crippen molar-refractivity contribution < 1.29 is 19.6 Å². The Labute approximate surface area is 111 Å². The van der Waals surface area contributed by atoms with Crippen molar-refractivity contribution in [3.63, 3.8) is 0 Å². The van der Waals surface area contributed by atoms with Crippen LogP contribution < -0.4 is 4.74 Å². The summed E-state index contributed by atoms with van der Waals surface area (Å²) in [5.74, 6) is -0.496. The highest BCUT2D eigenvalue weighted by molar-refractivity contribution is 5.72. The molecule has 1 N–H and O–H groups in total. The molecule has 0 aliphatic heterocycles. The maximum Gasteiger partial charge on any atom is 0.344 e. The first-order chi connectivity index (χ1) is 8.81. The van der Waals surface area contributed by atoms with Crippen LogP contribution in [0.5, 0.6) is 5.75 Å². The number of hydrogen-bond acceptors (Lipinski definition) is 4. The van der Waals surface area contributed by atoms with Gasteiger partial charge in [-0.3, -0.25) is 10.1 Å². The number of carbonyl (C=O) groups is 1. The number of carboxylic acids is 1. The molecule has 0 aromatic heterocycles. The molecule has 104 valence electrons. The standard InChI is InChI=1S/C13H17NO5/c1-8(2)6-12(13(15)16)19-11-5-4-10(14(17)18)7-9(11)3/h4-5,7-8,12H,6H2,1-3H3,(H,15,16)/t12-/m1/s1. The first kappa shape index (κ1) is 14.9. The Balaban J connectivity index is 2.91. The van der Waals surface area contributed by atoms with Crippen LogP contribution >= 0.6 is 0 Å². The van der Waals surface area contributed by atoms with Gasteiger partial charge in [0.25, 0.3) is 5.69 Å². The molecule has 0 radical (unpaired) electrons. The summed E-state index contributed by atoms with van der Waals surface area (Å²) in [6, 6.07) is 4.10. The van der Waals surface area contributed by atoms with Gasteiger partial charge in [0.1, 0.15) is 5.75 Å². The molecule has 0 heterocycles. The van der Waals surface area contributed by atoms with Crippen molar-refractivity contribution in [1.82, 2.24) is 0 Å². The van der Waals surface area contributed by atoms with Gasteiger partial charge in [-0.1, -0.05) is 13.8 Å². The lowest BCUT2D eigenvalue weighted by molar-refractivity contribution is -0.384. The molecule has 0 unspecified atom stereocenters. The van der Waals surface area contributed by atoms with Gasteiger partial charge in [0.15, 0.2) is 6.10 Å². The van der Waals surface area contributed by atoms with Crippen LogP contribution in [0.1, 0.15) is 25.8 Å². The van der Waals surface area contributed by atoms with Crippen LogP contribution in [0.25, 0.3) is 0 Å². The molecule has 0 bridgehead atoms. The molecule has 0 saturated heterocycles. The third-order valence-corrected chi connectivity index (χ3v) is 2.60. The minimum absolute atomic E-state index is 0.0411. The van der Waals surface area contributed by atoms with E-state index in [9.17, 15) is 14.9 Å². The highest BCUT2D eigenvalue weighted by Gasteiger charge is 2.22. The Morgan fingerprint density at radius 1 is 1.47 bits per heavy atom. The third-order valence-electron chi connectivity index (χ3n) is 2.60. The Morgan fingerprint density at radius 3 is 2.53 bits per heavy atom. The summed E-state index contributed by atoms with van der Waals surface area (Å²) in [6.45, 7) is 5.46. The van der Waals surface area contributed by atoms with Crippen molar-refractivity contribution in [1.29, 1.82) is 0 Å². The molecule has 0 spiro atoms. The van der Waals surface area contributed by atoms with Crippen LogP contribution in [0.3, 0.4) is 0 Å². The summed E-state index contributed by atoms with van der Waals surface area (Å²) in [5, 5.41) is 19.7. The molecule has 1 rings (SSSR count). The second-order valence-electron chi connectivity index (χ2n) is 4.78. The van der Waals surface area contributed by atoms with Crippen molar-refractivity contribution in [2.45, 2.75) is 33.3 Å². The summed E-state index contributed by atoms with van der Waals surface area (Å²) >= 11 is 0. The lowest BCUT2D eigenvalue weighted by Gasteiger charge is -2.18. The highest BCUT2D eigenvalue weighted by atomic mass is 16.6. The monoisotopic (exact) mass is 267 g/mol. The number of nitro benzene ring substituents is 1. The van der Waals surface area contributed by atoms with Gasteiger partial charge in [-0.15, -0.1) is 0 Å². The Kier molecular flexibility index (Phi) is 4.86. The van der Waals surface area contributed by atoms with E-state index in [1.165, 1.54) is 18.2 Å². The summed E-state index contributed by atoms with van der Waals surface area (Å²) in [5.41, 5.74) is 0.504. The van der Waals surface area contributed by atoms with Crippen LogP contribution in [0.15, 0.2) is 18.2 Å². The van der Waals surface area contributed by atoms with Gasteiger partial charge in [-0.2, -0.15) is 0 Å². The largest absolute Gasteiger partial charge is 0.479 e. The summed E-state index contributed by atoms with van der Waals surface area (Å²) < 4.78 is 5.43. The van der Waals surface area contributed by atoms with Gasteiger partial charge >= 0.3 is 5.97 Å². The van der Waals surface area contributed by atoms with Crippen LogP contribution in [0.4, 0.5) is 5.69 Å². The molecular formula is C13H17NO5. The van der Waals surface area contributed by atoms with Crippen molar-refractivity contribution in [2.75, 3.05) is 0 Å². The van der Waals surface area contributed by atoms with Crippen molar-refractivity contribution in [3.8, 4) is 5.75 Å². The Bertz CT molecular complexity index is 484. The van der Waals surface area contributed by atoms with Gasteiger partial charge in [-0.05, 0) is 30.9 Å².